The Hall–Kier alpha value is -0.670. The maximum absolute atomic E-state index is 5.93. The lowest BCUT2D eigenvalue weighted by Gasteiger charge is -2.34. The molecule has 3 nitrogen and oxygen atoms in total. The molecule has 2 rings (SSSR count). The zero-order valence-electron chi connectivity index (χ0n) is 8.99. The largest absolute Gasteiger partial charge is 0.295 e. The third-order valence-corrected chi connectivity index (χ3v) is 3.21. The van der Waals surface area contributed by atoms with Crippen molar-refractivity contribution < 1.29 is 0 Å². The number of halogens is 1. The van der Waals surface area contributed by atoms with E-state index in [1.165, 1.54) is 19.3 Å². The van der Waals surface area contributed by atoms with Gasteiger partial charge in [-0.2, -0.15) is 10.2 Å². The second kappa shape index (κ2) is 4.90. The molecule has 4 heteroatoms. The highest BCUT2D eigenvalue weighted by Crippen LogP contribution is 2.29. The summed E-state index contributed by atoms with van der Waals surface area (Å²) in [4.78, 5) is 2.45. The lowest BCUT2D eigenvalue weighted by molar-refractivity contribution is 0.153. The van der Waals surface area contributed by atoms with E-state index in [0.717, 1.165) is 18.8 Å². The van der Waals surface area contributed by atoms with Crippen LogP contribution < -0.4 is 0 Å². The minimum Gasteiger partial charge on any atom is -0.295 e. The summed E-state index contributed by atoms with van der Waals surface area (Å²) in [5.74, 6) is 0. The van der Waals surface area contributed by atoms with Crippen molar-refractivity contribution in [3.05, 3.63) is 23.0 Å². The molecule has 0 amide bonds. The predicted molar refractivity (Wildman–Crippen MR) is 60.9 cm³/mol. The van der Waals surface area contributed by atoms with Crippen LogP contribution in [0.25, 0.3) is 0 Å². The van der Waals surface area contributed by atoms with Gasteiger partial charge in [-0.15, -0.1) is 0 Å². The highest BCUT2D eigenvalue weighted by molar-refractivity contribution is 6.30. The molecule has 0 aromatic carbocycles. The van der Waals surface area contributed by atoms with Gasteiger partial charge in [0.05, 0.1) is 23.0 Å². The fourth-order valence-corrected chi connectivity index (χ4v) is 2.38. The van der Waals surface area contributed by atoms with Crippen molar-refractivity contribution in [1.82, 2.24) is 15.1 Å². The van der Waals surface area contributed by atoms with Crippen molar-refractivity contribution in [2.75, 3.05) is 13.1 Å². The summed E-state index contributed by atoms with van der Waals surface area (Å²) in [5.41, 5.74) is 1.02. The monoisotopic (exact) mass is 225 g/mol. The first-order chi connectivity index (χ1) is 7.31. The van der Waals surface area contributed by atoms with E-state index in [9.17, 15) is 0 Å². The van der Waals surface area contributed by atoms with E-state index in [1.807, 2.05) is 6.07 Å². The van der Waals surface area contributed by atoms with Crippen molar-refractivity contribution in [2.45, 2.75) is 32.2 Å². The number of hydrogen-bond donors (Lipinski definition) is 0. The minimum atomic E-state index is 0.412. The molecule has 82 valence electrons. The molecule has 1 atom stereocenters. The first kappa shape index (κ1) is 10.8. The molecule has 1 saturated heterocycles. The van der Waals surface area contributed by atoms with Gasteiger partial charge in [-0.25, -0.2) is 0 Å². The molecular weight excluding hydrogens is 210 g/mol. The Labute approximate surface area is 95.5 Å². The molecule has 2 heterocycles. The SMILES string of the molecule is CCN1CCCCC1c1cc(Cl)cnn1. The van der Waals surface area contributed by atoms with Gasteiger partial charge < -0.3 is 0 Å². The normalized spacial score (nSPS) is 22.9. The van der Waals surface area contributed by atoms with E-state index in [2.05, 4.69) is 22.0 Å². The number of piperidine rings is 1. The summed E-state index contributed by atoms with van der Waals surface area (Å²) in [7, 11) is 0. The van der Waals surface area contributed by atoms with Crippen LogP contribution in [0.5, 0.6) is 0 Å². The van der Waals surface area contributed by atoms with Crippen molar-refractivity contribution in [1.29, 1.82) is 0 Å². The molecule has 1 aliphatic rings. The highest BCUT2D eigenvalue weighted by Gasteiger charge is 2.23. The maximum atomic E-state index is 5.93. The number of hydrogen-bond acceptors (Lipinski definition) is 3. The molecule has 1 fully saturated rings. The van der Waals surface area contributed by atoms with Gasteiger partial charge in [0.25, 0.3) is 0 Å². The van der Waals surface area contributed by atoms with E-state index in [1.54, 1.807) is 6.20 Å². The second-order valence-corrected chi connectivity index (χ2v) is 4.38. The topological polar surface area (TPSA) is 29.0 Å². The molecule has 0 aliphatic carbocycles. The van der Waals surface area contributed by atoms with E-state index in [4.69, 9.17) is 11.6 Å². The van der Waals surface area contributed by atoms with E-state index in [-0.39, 0.29) is 0 Å². The number of nitrogens with zero attached hydrogens (tertiary/aromatic N) is 3. The zero-order chi connectivity index (χ0) is 10.7. The summed E-state index contributed by atoms with van der Waals surface area (Å²) in [5, 5.41) is 8.79. The first-order valence-electron chi connectivity index (χ1n) is 5.53. The molecule has 0 N–H and O–H groups in total. The Bertz CT molecular complexity index is 329. The Morgan fingerprint density at radius 1 is 1.53 bits per heavy atom. The van der Waals surface area contributed by atoms with Crippen LogP contribution in [-0.2, 0) is 0 Å². The van der Waals surface area contributed by atoms with Gasteiger partial charge in [0, 0.05) is 0 Å². The number of likely N-dealkylation sites (tertiary alicyclic amines) is 1. The van der Waals surface area contributed by atoms with Gasteiger partial charge >= 0.3 is 0 Å². The van der Waals surface area contributed by atoms with Crippen LogP contribution in [0.2, 0.25) is 5.02 Å². The van der Waals surface area contributed by atoms with Crippen LogP contribution in [0, 0.1) is 0 Å². The quantitative estimate of drug-likeness (QED) is 0.775. The fourth-order valence-electron chi connectivity index (χ4n) is 2.23. The molecule has 0 bridgehead atoms. The fraction of sp³-hybridized carbons (Fsp3) is 0.636. The van der Waals surface area contributed by atoms with Crippen LogP contribution in [0.1, 0.15) is 37.9 Å². The van der Waals surface area contributed by atoms with Crippen molar-refractivity contribution >= 4 is 11.6 Å². The lowest BCUT2D eigenvalue weighted by atomic mass is 9.99. The van der Waals surface area contributed by atoms with E-state index < -0.39 is 0 Å². The summed E-state index contributed by atoms with van der Waals surface area (Å²) in [6, 6.07) is 2.35. The van der Waals surface area contributed by atoms with Gasteiger partial charge in [-0.05, 0) is 32.0 Å². The van der Waals surface area contributed by atoms with Crippen LogP contribution in [0.15, 0.2) is 12.3 Å². The average Bonchev–Trinajstić information content (AvgIpc) is 2.29. The van der Waals surface area contributed by atoms with Gasteiger partial charge in [-0.1, -0.05) is 24.9 Å². The van der Waals surface area contributed by atoms with Crippen molar-refractivity contribution in [3.8, 4) is 0 Å². The van der Waals surface area contributed by atoms with Crippen molar-refractivity contribution in [2.24, 2.45) is 0 Å². The maximum Gasteiger partial charge on any atom is 0.0817 e. The number of rotatable bonds is 2. The zero-order valence-corrected chi connectivity index (χ0v) is 9.74. The molecule has 0 saturated carbocycles. The van der Waals surface area contributed by atoms with Gasteiger partial charge in [-0.3, -0.25) is 4.90 Å². The van der Waals surface area contributed by atoms with E-state index >= 15 is 0 Å². The second-order valence-electron chi connectivity index (χ2n) is 3.94. The Kier molecular flexibility index (Phi) is 3.54. The van der Waals surface area contributed by atoms with Crippen LogP contribution in [0.4, 0.5) is 0 Å². The highest BCUT2D eigenvalue weighted by atomic mass is 35.5. The van der Waals surface area contributed by atoms with Crippen molar-refractivity contribution in [3.63, 3.8) is 0 Å². The molecule has 1 aliphatic heterocycles. The van der Waals surface area contributed by atoms with Crippen LogP contribution >= 0.6 is 11.6 Å². The summed E-state index contributed by atoms with van der Waals surface area (Å²) in [6.45, 7) is 4.42. The third kappa shape index (κ3) is 2.47. The predicted octanol–water partition coefficient (Wildman–Crippen LogP) is 2.68. The Morgan fingerprint density at radius 2 is 2.40 bits per heavy atom. The number of aromatic nitrogens is 2. The molecule has 0 spiro atoms. The van der Waals surface area contributed by atoms with E-state index in [0.29, 0.717) is 11.1 Å². The summed E-state index contributed by atoms with van der Waals surface area (Å²) in [6.07, 6.45) is 5.32. The molecule has 0 radical (unpaired) electrons. The molecule has 1 unspecified atom stereocenters. The van der Waals surface area contributed by atoms with Crippen LogP contribution in [-0.4, -0.2) is 28.2 Å². The van der Waals surface area contributed by atoms with Crippen LogP contribution in [0.3, 0.4) is 0 Å². The Balaban J connectivity index is 2.20. The summed E-state index contributed by atoms with van der Waals surface area (Å²) >= 11 is 5.93. The lowest BCUT2D eigenvalue weighted by Crippen LogP contribution is -2.33. The minimum absolute atomic E-state index is 0.412. The third-order valence-electron chi connectivity index (χ3n) is 3.00. The molecule has 1 aromatic heterocycles. The summed E-state index contributed by atoms with van der Waals surface area (Å²) < 4.78 is 0. The van der Waals surface area contributed by atoms with Gasteiger partial charge in [0.1, 0.15) is 0 Å². The molecule has 15 heavy (non-hydrogen) atoms. The standard InChI is InChI=1S/C11H16ClN3/c1-2-15-6-4-3-5-11(15)10-7-9(12)8-13-14-10/h7-8,11H,2-6H2,1H3. The molecular formula is C11H16ClN3. The average molecular weight is 226 g/mol. The van der Waals surface area contributed by atoms with Gasteiger partial charge in [0.2, 0.25) is 0 Å². The van der Waals surface area contributed by atoms with Gasteiger partial charge in [0.15, 0.2) is 0 Å². The Morgan fingerprint density at radius 3 is 3.13 bits per heavy atom. The molecule has 1 aromatic rings. The smallest absolute Gasteiger partial charge is 0.0817 e. The first-order valence-corrected chi connectivity index (χ1v) is 5.91.